The van der Waals surface area contributed by atoms with E-state index in [1.807, 2.05) is 29.6 Å². The van der Waals surface area contributed by atoms with E-state index in [2.05, 4.69) is 15.1 Å². The number of para-hydroxylation sites is 2. The highest BCUT2D eigenvalue weighted by molar-refractivity contribution is 7.12. The van der Waals surface area contributed by atoms with Crippen LogP contribution in [0, 0.1) is 0 Å². The smallest absolute Gasteiger partial charge is 0.337 e. The van der Waals surface area contributed by atoms with Gasteiger partial charge in [-0.15, -0.1) is 11.3 Å². The van der Waals surface area contributed by atoms with Gasteiger partial charge in [-0.1, -0.05) is 18.2 Å². The van der Waals surface area contributed by atoms with E-state index < -0.39 is 5.97 Å². The minimum Gasteiger partial charge on any atom is -0.495 e. The number of carboxylic acid groups (broad SMARTS) is 1. The number of anilines is 3. The molecule has 31 heavy (non-hydrogen) atoms. The Morgan fingerprint density at radius 1 is 0.968 bits per heavy atom. The average molecular weight is 438 g/mol. The predicted octanol–water partition coefficient (Wildman–Crippen LogP) is 4.03. The molecule has 0 saturated carbocycles. The van der Waals surface area contributed by atoms with E-state index in [1.54, 1.807) is 31.4 Å². The fourth-order valence-corrected chi connectivity index (χ4v) is 4.36. The van der Waals surface area contributed by atoms with E-state index in [9.17, 15) is 14.7 Å². The van der Waals surface area contributed by atoms with Crippen molar-refractivity contribution in [3.63, 3.8) is 0 Å². The molecule has 2 heterocycles. The molecule has 3 aromatic rings. The summed E-state index contributed by atoms with van der Waals surface area (Å²) >= 11 is 1.34. The highest BCUT2D eigenvalue weighted by atomic mass is 32.1. The molecule has 2 aromatic carbocycles. The number of aromatic carboxylic acids is 1. The maximum absolute atomic E-state index is 12.3. The molecule has 0 unspecified atom stereocenters. The monoisotopic (exact) mass is 437 g/mol. The third kappa shape index (κ3) is 4.49. The third-order valence-corrected chi connectivity index (χ3v) is 6.14. The second kappa shape index (κ2) is 9.09. The van der Waals surface area contributed by atoms with Crippen molar-refractivity contribution in [1.29, 1.82) is 0 Å². The molecule has 1 aliphatic rings. The summed E-state index contributed by atoms with van der Waals surface area (Å²) < 4.78 is 5.47. The van der Waals surface area contributed by atoms with Crippen molar-refractivity contribution in [3.8, 4) is 5.75 Å². The van der Waals surface area contributed by atoms with Crippen molar-refractivity contribution >= 4 is 40.3 Å². The Kier molecular flexibility index (Phi) is 6.08. The van der Waals surface area contributed by atoms with Crippen LogP contribution in [0.15, 0.2) is 60.0 Å². The Morgan fingerprint density at radius 2 is 1.68 bits per heavy atom. The van der Waals surface area contributed by atoms with Crippen LogP contribution in [-0.2, 0) is 0 Å². The molecule has 7 nitrogen and oxygen atoms in total. The zero-order valence-corrected chi connectivity index (χ0v) is 17.9. The molecule has 8 heteroatoms. The third-order valence-electron chi connectivity index (χ3n) is 5.28. The van der Waals surface area contributed by atoms with Gasteiger partial charge in [-0.3, -0.25) is 4.79 Å². The molecule has 2 N–H and O–H groups in total. The molecular weight excluding hydrogens is 414 g/mol. The van der Waals surface area contributed by atoms with Crippen LogP contribution in [0.5, 0.6) is 5.75 Å². The number of nitrogens with one attached hydrogen (secondary N) is 1. The predicted molar refractivity (Wildman–Crippen MR) is 123 cm³/mol. The molecule has 4 rings (SSSR count). The quantitative estimate of drug-likeness (QED) is 0.606. The van der Waals surface area contributed by atoms with Gasteiger partial charge in [-0.2, -0.15) is 0 Å². The summed E-state index contributed by atoms with van der Waals surface area (Å²) in [5, 5.41) is 14.4. The van der Waals surface area contributed by atoms with Gasteiger partial charge in [0.1, 0.15) is 5.75 Å². The Hall–Kier alpha value is -3.52. The van der Waals surface area contributed by atoms with Crippen molar-refractivity contribution in [1.82, 2.24) is 0 Å². The van der Waals surface area contributed by atoms with E-state index in [0.29, 0.717) is 29.3 Å². The molecule has 1 amide bonds. The largest absolute Gasteiger partial charge is 0.495 e. The molecule has 1 aromatic heterocycles. The number of amides is 1. The lowest BCUT2D eigenvalue weighted by molar-refractivity contribution is 0.0697. The van der Waals surface area contributed by atoms with E-state index in [0.717, 1.165) is 24.5 Å². The maximum atomic E-state index is 12.3. The summed E-state index contributed by atoms with van der Waals surface area (Å²) in [5.74, 6) is -0.438. The van der Waals surface area contributed by atoms with Gasteiger partial charge in [-0.25, -0.2) is 4.79 Å². The average Bonchev–Trinajstić information content (AvgIpc) is 3.34. The van der Waals surface area contributed by atoms with Crippen molar-refractivity contribution in [3.05, 3.63) is 70.4 Å². The van der Waals surface area contributed by atoms with E-state index in [-0.39, 0.29) is 11.5 Å². The first kappa shape index (κ1) is 20.7. The molecule has 0 radical (unpaired) electrons. The number of ether oxygens (including phenoxy) is 1. The standard InChI is InChI=1S/C23H23N3O4S/c1-30-20-6-3-2-5-19(20)26-12-10-25(11-13-26)18-9-8-16(15-17(18)23(28)29)24-22(27)21-7-4-14-31-21/h2-9,14-15H,10-13H2,1H3,(H,24,27)(H,28,29). The number of thiophene rings is 1. The number of carboxylic acids is 1. The first-order chi connectivity index (χ1) is 15.1. The fourth-order valence-electron chi connectivity index (χ4n) is 3.74. The van der Waals surface area contributed by atoms with Crippen molar-refractivity contribution in [2.45, 2.75) is 0 Å². The summed E-state index contributed by atoms with van der Waals surface area (Å²) in [6.07, 6.45) is 0. The van der Waals surface area contributed by atoms with Gasteiger partial charge in [0.15, 0.2) is 0 Å². The minimum atomic E-state index is -1.02. The van der Waals surface area contributed by atoms with Gasteiger partial charge < -0.3 is 25.0 Å². The van der Waals surface area contributed by atoms with Crippen LogP contribution in [0.1, 0.15) is 20.0 Å². The lowest BCUT2D eigenvalue weighted by atomic mass is 10.1. The van der Waals surface area contributed by atoms with Gasteiger partial charge in [0, 0.05) is 31.9 Å². The molecular formula is C23H23N3O4S. The van der Waals surface area contributed by atoms with E-state index in [1.165, 1.54) is 17.4 Å². The molecule has 0 atom stereocenters. The Labute approximate surface area is 184 Å². The number of nitrogens with zero attached hydrogens (tertiary/aromatic N) is 2. The fraction of sp³-hybridized carbons (Fsp3) is 0.217. The van der Waals surface area contributed by atoms with Gasteiger partial charge in [0.05, 0.1) is 28.9 Å². The number of benzene rings is 2. The van der Waals surface area contributed by atoms with Gasteiger partial charge in [0.25, 0.3) is 5.91 Å². The SMILES string of the molecule is COc1ccccc1N1CCN(c2ccc(NC(=O)c3cccs3)cc2C(=O)O)CC1. The zero-order valence-electron chi connectivity index (χ0n) is 17.1. The summed E-state index contributed by atoms with van der Waals surface area (Å²) in [6, 6.07) is 16.5. The van der Waals surface area contributed by atoms with Crippen LogP contribution in [0.3, 0.4) is 0 Å². The van der Waals surface area contributed by atoms with Gasteiger partial charge in [-0.05, 0) is 41.8 Å². The molecule has 1 fully saturated rings. The first-order valence-electron chi connectivity index (χ1n) is 9.92. The van der Waals surface area contributed by atoms with Crippen LogP contribution in [0.25, 0.3) is 0 Å². The van der Waals surface area contributed by atoms with Crippen LogP contribution < -0.4 is 19.9 Å². The highest BCUT2D eigenvalue weighted by Gasteiger charge is 2.23. The second-order valence-electron chi connectivity index (χ2n) is 7.11. The summed E-state index contributed by atoms with van der Waals surface area (Å²) in [4.78, 5) is 29.1. The number of piperazine rings is 1. The molecule has 0 bridgehead atoms. The number of hydrogen-bond acceptors (Lipinski definition) is 6. The summed E-state index contributed by atoms with van der Waals surface area (Å²) in [6.45, 7) is 2.85. The zero-order chi connectivity index (χ0) is 21.8. The minimum absolute atomic E-state index is 0.176. The molecule has 0 aliphatic carbocycles. The second-order valence-corrected chi connectivity index (χ2v) is 8.06. The van der Waals surface area contributed by atoms with Crippen LogP contribution >= 0.6 is 11.3 Å². The number of carbonyl (C=O) groups is 2. The first-order valence-corrected chi connectivity index (χ1v) is 10.8. The van der Waals surface area contributed by atoms with Crippen LogP contribution in [-0.4, -0.2) is 50.3 Å². The van der Waals surface area contributed by atoms with Crippen LogP contribution in [0.4, 0.5) is 17.1 Å². The highest BCUT2D eigenvalue weighted by Crippen LogP contribution is 2.31. The Morgan fingerprint density at radius 3 is 2.32 bits per heavy atom. The molecule has 1 saturated heterocycles. The van der Waals surface area contributed by atoms with Crippen molar-refractivity contribution in [2.75, 3.05) is 48.4 Å². The summed E-state index contributed by atoms with van der Waals surface area (Å²) in [7, 11) is 1.66. The number of methoxy groups -OCH3 is 1. The normalized spacial score (nSPS) is 13.7. The molecule has 1 aliphatic heterocycles. The van der Waals surface area contributed by atoms with Crippen LogP contribution in [0.2, 0.25) is 0 Å². The molecule has 0 spiro atoms. The maximum Gasteiger partial charge on any atom is 0.337 e. The van der Waals surface area contributed by atoms with E-state index in [4.69, 9.17) is 4.74 Å². The summed E-state index contributed by atoms with van der Waals surface area (Å²) in [5.41, 5.74) is 2.33. The van der Waals surface area contributed by atoms with E-state index >= 15 is 0 Å². The topological polar surface area (TPSA) is 82.1 Å². The van der Waals surface area contributed by atoms with Gasteiger partial charge in [0.2, 0.25) is 0 Å². The lowest BCUT2D eigenvalue weighted by Crippen LogP contribution is -2.47. The van der Waals surface area contributed by atoms with Crippen molar-refractivity contribution < 1.29 is 19.4 Å². The molecule has 160 valence electrons. The van der Waals surface area contributed by atoms with Crippen molar-refractivity contribution in [2.24, 2.45) is 0 Å². The lowest BCUT2D eigenvalue weighted by Gasteiger charge is -2.38. The number of carbonyl (C=O) groups excluding carboxylic acids is 1. The number of rotatable bonds is 6. The Bertz CT molecular complexity index is 1080. The number of hydrogen-bond donors (Lipinski definition) is 2. The van der Waals surface area contributed by atoms with Gasteiger partial charge >= 0.3 is 5.97 Å². The Balaban J connectivity index is 1.49.